The lowest BCUT2D eigenvalue weighted by atomic mass is 10.2. The zero-order valence-electron chi connectivity index (χ0n) is 10.1. The van der Waals surface area contributed by atoms with E-state index >= 15 is 0 Å². The number of hydrogen-bond acceptors (Lipinski definition) is 1. The van der Waals surface area contributed by atoms with Gasteiger partial charge in [-0.2, -0.15) is 0 Å². The van der Waals surface area contributed by atoms with E-state index in [4.69, 9.17) is 35.4 Å². The number of nitrogens with one attached hydrogen (secondary N) is 1. The smallest absolute Gasteiger partial charge is 0.183 e. The Hall–Kier alpha value is -1.50. The highest BCUT2D eigenvalue weighted by atomic mass is 35.5. The minimum atomic E-state index is -1.30. The minimum absolute atomic E-state index is 0.0623. The van der Waals surface area contributed by atoms with Crippen LogP contribution in [0.5, 0.6) is 0 Å². The maximum atomic E-state index is 14.0. The van der Waals surface area contributed by atoms with Gasteiger partial charge in [-0.3, -0.25) is 4.57 Å². The topological polar surface area (TPSA) is 20.7 Å². The SMILES string of the molecule is Fc1cc(F)c(F)c(-n2c(=S)[nH]c3cc(Cl)c(Cl)cc32)c1. The molecule has 2 aromatic carbocycles. The zero-order valence-corrected chi connectivity index (χ0v) is 12.4. The van der Waals surface area contributed by atoms with Crippen LogP contribution in [0.25, 0.3) is 16.7 Å². The average molecular weight is 349 g/mol. The van der Waals surface area contributed by atoms with Gasteiger partial charge in [-0.25, -0.2) is 13.2 Å². The van der Waals surface area contributed by atoms with Crippen molar-refractivity contribution in [1.82, 2.24) is 9.55 Å². The fraction of sp³-hybridized carbons (Fsp3) is 0. The van der Waals surface area contributed by atoms with Crippen LogP contribution in [0.2, 0.25) is 10.0 Å². The standard InChI is InChI=1S/C13H5Cl2F3N2S/c14-6-3-9-10(4-7(6)15)20(13(21)19-9)11-2-5(16)1-8(17)12(11)18/h1-4H,(H,19,21). The van der Waals surface area contributed by atoms with Crippen molar-refractivity contribution in [3.63, 3.8) is 0 Å². The van der Waals surface area contributed by atoms with Crippen LogP contribution in [-0.2, 0) is 0 Å². The van der Waals surface area contributed by atoms with Crippen molar-refractivity contribution >= 4 is 46.5 Å². The van der Waals surface area contributed by atoms with Crippen LogP contribution >= 0.6 is 35.4 Å². The highest BCUT2D eigenvalue weighted by Crippen LogP contribution is 2.30. The number of rotatable bonds is 1. The summed E-state index contributed by atoms with van der Waals surface area (Å²) in [6, 6.07) is 4.25. The van der Waals surface area contributed by atoms with E-state index in [-0.39, 0.29) is 20.5 Å². The van der Waals surface area contributed by atoms with Crippen molar-refractivity contribution in [1.29, 1.82) is 0 Å². The van der Waals surface area contributed by atoms with Crippen molar-refractivity contribution in [2.24, 2.45) is 0 Å². The van der Waals surface area contributed by atoms with Crippen LogP contribution < -0.4 is 0 Å². The molecule has 1 N–H and O–H groups in total. The monoisotopic (exact) mass is 348 g/mol. The van der Waals surface area contributed by atoms with Crippen molar-refractivity contribution in [2.75, 3.05) is 0 Å². The largest absolute Gasteiger partial charge is 0.330 e. The number of benzene rings is 2. The first-order valence-corrected chi connectivity index (χ1v) is 6.79. The maximum Gasteiger partial charge on any atom is 0.183 e. The molecule has 1 aromatic heterocycles. The van der Waals surface area contributed by atoms with Gasteiger partial charge in [0, 0.05) is 12.1 Å². The number of aromatic amines is 1. The molecule has 0 saturated heterocycles. The second-order valence-electron chi connectivity index (χ2n) is 4.27. The van der Waals surface area contributed by atoms with Gasteiger partial charge in [-0.15, -0.1) is 0 Å². The Morgan fingerprint density at radius 1 is 1.00 bits per heavy atom. The molecule has 0 saturated carbocycles. The fourth-order valence-electron chi connectivity index (χ4n) is 2.05. The number of nitrogens with zero attached hydrogens (tertiary/aromatic N) is 1. The molecule has 108 valence electrons. The van der Waals surface area contributed by atoms with E-state index in [9.17, 15) is 13.2 Å². The molecule has 1 heterocycles. The number of H-pyrrole nitrogens is 1. The van der Waals surface area contributed by atoms with Crippen LogP contribution in [0.15, 0.2) is 24.3 Å². The third-order valence-corrected chi connectivity index (χ3v) is 3.95. The van der Waals surface area contributed by atoms with Crippen LogP contribution in [0.1, 0.15) is 0 Å². The fourth-order valence-corrected chi connectivity index (χ4v) is 2.67. The van der Waals surface area contributed by atoms with Gasteiger partial charge in [0.2, 0.25) is 0 Å². The van der Waals surface area contributed by atoms with Crippen LogP contribution in [0.3, 0.4) is 0 Å². The van der Waals surface area contributed by atoms with Gasteiger partial charge in [0.1, 0.15) is 5.82 Å². The summed E-state index contributed by atoms with van der Waals surface area (Å²) >= 11 is 16.9. The van der Waals surface area contributed by atoms with E-state index in [0.29, 0.717) is 17.1 Å². The predicted molar refractivity (Wildman–Crippen MR) is 78.4 cm³/mol. The van der Waals surface area contributed by atoms with Crippen molar-refractivity contribution < 1.29 is 13.2 Å². The number of halogens is 5. The first-order valence-electron chi connectivity index (χ1n) is 5.63. The normalized spacial score (nSPS) is 11.3. The molecule has 0 bridgehead atoms. The summed E-state index contributed by atoms with van der Waals surface area (Å²) in [5, 5.41) is 0.489. The average Bonchev–Trinajstić information content (AvgIpc) is 2.70. The van der Waals surface area contributed by atoms with E-state index in [1.807, 2.05) is 0 Å². The molecule has 0 amide bonds. The van der Waals surface area contributed by atoms with Gasteiger partial charge in [0.15, 0.2) is 16.4 Å². The Morgan fingerprint density at radius 3 is 2.38 bits per heavy atom. The molecule has 0 atom stereocenters. The van der Waals surface area contributed by atoms with Gasteiger partial charge >= 0.3 is 0 Å². The highest BCUT2D eigenvalue weighted by molar-refractivity contribution is 7.71. The summed E-state index contributed by atoms with van der Waals surface area (Å²) in [6.45, 7) is 0. The maximum absolute atomic E-state index is 14.0. The Morgan fingerprint density at radius 2 is 1.67 bits per heavy atom. The van der Waals surface area contributed by atoms with Crippen molar-refractivity contribution in [2.45, 2.75) is 0 Å². The van der Waals surface area contributed by atoms with Crippen LogP contribution in [-0.4, -0.2) is 9.55 Å². The molecule has 0 aliphatic heterocycles. The van der Waals surface area contributed by atoms with Gasteiger partial charge in [-0.1, -0.05) is 23.2 Å². The van der Waals surface area contributed by atoms with E-state index in [0.717, 1.165) is 10.6 Å². The third kappa shape index (κ3) is 2.33. The first kappa shape index (κ1) is 14.4. The molecule has 0 fully saturated rings. The summed E-state index contributed by atoms with van der Waals surface area (Å²) < 4.78 is 41.9. The van der Waals surface area contributed by atoms with E-state index in [1.54, 1.807) is 0 Å². The molecule has 0 aliphatic rings. The van der Waals surface area contributed by atoms with Crippen LogP contribution in [0.4, 0.5) is 13.2 Å². The highest BCUT2D eigenvalue weighted by Gasteiger charge is 2.17. The summed E-state index contributed by atoms with van der Waals surface area (Å²) in [5.41, 5.74) is 0.485. The summed E-state index contributed by atoms with van der Waals surface area (Å²) in [5.74, 6) is -3.43. The lowest BCUT2D eigenvalue weighted by Crippen LogP contribution is -2.01. The van der Waals surface area contributed by atoms with E-state index in [1.165, 1.54) is 12.1 Å². The summed E-state index contributed by atoms with van der Waals surface area (Å²) in [7, 11) is 0. The Balaban J connectivity index is 2.43. The number of aromatic nitrogens is 2. The molecule has 0 unspecified atom stereocenters. The van der Waals surface area contributed by atoms with Crippen LogP contribution in [0, 0.1) is 22.2 Å². The number of hydrogen-bond donors (Lipinski definition) is 1. The quantitative estimate of drug-likeness (QED) is 0.460. The summed E-state index contributed by atoms with van der Waals surface area (Å²) in [4.78, 5) is 2.78. The Kier molecular flexibility index (Phi) is 3.47. The van der Waals surface area contributed by atoms with E-state index < -0.39 is 17.5 Å². The lowest BCUT2D eigenvalue weighted by molar-refractivity contribution is 0.491. The van der Waals surface area contributed by atoms with E-state index in [2.05, 4.69) is 4.98 Å². The second kappa shape index (κ2) is 5.05. The molecule has 3 aromatic rings. The van der Waals surface area contributed by atoms with Gasteiger partial charge < -0.3 is 4.98 Å². The minimum Gasteiger partial charge on any atom is -0.330 e. The first-order chi connectivity index (χ1) is 9.88. The molecule has 8 heteroatoms. The molecule has 0 radical (unpaired) electrons. The summed E-state index contributed by atoms with van der Waals surface area (Å²) in [6.07, 6.45) is 0. The lowest BCUT2D eigenvalue weighted by Gasteiger charge is -2.07. The third-order valence-electron chi connectivity index (χ3n) is 2.94. The predicted octanol–water partition coefficient (Wildman–Crippen LogP) is 5.41. The van der Waals surface area contributed by atoms with Crippen molar-refractivity contribution in [3.8, 4) is 5.69 Å². The molecule has 0 aliphatic carbocycles. The van der Waals surface area contributed by atoms with Gasteiger partial charge in [0.05, 0.1) is 26.8 Å². The Bertz CT molecular complexity index is 933. The molecular formula is C13H5Cl2F3N2S. The number of imidazole rings is 1. The molecule has 0 spiro atoms. The van der Waals surface area contributed by atoms with Crippen molar-refractivity contribution in [3.05, 3.63) is 56.5 Å². The molecule has 2 nitrogen and oxygen atoms in total. The zero-order chi connectivity index (χ0) is 15.3. The van der Waals surface area contributed by atoms with Gasteiger partial charge in [-0.05, 0) is 24.4 Å². The number of fused-ring (bicyclic) bond motifs is 1. The second-order valence-corrected chi connectivity index (χ2v) is 5.47. The Labute approximate surface area is 131 Å². The molecule has 3 rings (SSSR count). The molecule has 21 heavy (non-hydrogen) atoms. The van der Waals surface area contributed by atoms with Gasteiger partial charge in [0.25, 0.3) is 0 Å². The molecular weight excluding hydrogens is 344 g/mol.